The molecule has 1 aliphatic rings. The van der Waals surface area contributed by atoms with Crippen LogP contribution in [0.5, 0.6) is 0 Å². The van der Waals surface area contributed by atoms with E-state index in [9.17, 15) is 9.59 Å². The molecular formula is C13H15NO3. The molecule has 2 rings (SSSR count). The largest absolute Gasteiger partial charge is 0.461 e. The Morgan fingerprint density at radius 2 is 2.00 bits per heavy atom. The molecule has 1 aromatic carbocycles. The van der Waals surface area contributed by atoms with Gasteiger partial charge in [-0.1, -0.05) is 30.3 Å². The summed E-state index contributed by atoms with van der Waals surface area (Å²) in [6.07, 6.45) is 0.359. The fraction of sp³-hybridized carbons (Fsp3) is 0.385. The van der Waals surface area contributed by atoms with Gasteiger partial charge in [-0.3, -0.25) is 4.79 Å². The van der Waals surface area contributed by atoms with E-state index in [4.69, 9.17) is 4.74 Å². The predicted molar refractivity (Wildman–Crippen MR) is 62.2 cm³/mol. The van der Waals surface area contributed by atoms with Crippen LogP contribution < -0.4 is 5.32 Å². The molecule has 1 saturated heterocycles. The first kappa shape index (κ1) is 11.6. The number of nitrogens with one attached hydrogen (secondary N) is 1. The Balaban J connectivity index is 2.09. The highest BCUT2D eigenvalue weighted by Gasteiger charge is 2.29. The Bertz CT molecular complexity index is 416. The first-order valence-electron chi connectivity index (χ1n) is 5.69. The van der Waals surface area contributed by atoms with Crippen LogP contribution >= 0.6 is 0 Å². The van der Waals surface area contributed by atoms with Crippen LogP contribution in [-0.4, -0.2) is 24.0 Å². The van der Waals surface area contributed by atoms with Crippen LogP contribution in [0.1, 0.15) is 18.9 Å². The van der Waals surface area contributed by atoms with Crippen LogP contribution in [0.3, 0.4) is 0 Å². The van der Waals surface area contributed by atoms with Crippen LogP contribution in [0.25, 0.3) is 0 Å². The zero-order valence-electron chi connectivity index (χ0n) is 9.68. The first-order valence-corrected chi connectivity index (χ1v) is 5.69. The van der Waals surface area contributed by atoms with E-state index in [2.05, 4.69) is 5.32 Å². The average Bonchev–Trinajstić information content (AvgIpc) is 2.39. The van der Waals surface area contributed by atoms with E-state index in [0.717, 1.165) is 5.56 Å². The second-order valence-corrected chi connectivity index (χ2v) is 4.26. The van der Waals surface area contributed by atoms with Crippen LogP contribution in [0.2, 0.25) is 0 Å². The van der Waals surface area contributed by atoms with Gasteiger partial charge in [-0.25, -0.2) is 4.79 Å². The summed E-state index contributed by atoms with van der Waals surface area (Å²) in [6.45, 7) is 1.72. The van der Waals surface area contributed by atoms with Crippen molar-refractivity contribution >= 4 is 11.9 Å². The lowest BCUT2D eigenvalue weighted by molar-refractivity contribution is -0.149. The molecule has 1 aliphatic heterocycles. The van der Waals surface area contributed by atoms with Crippen molar-refractivity contribution < 1.29 is 14.3 Å². The molecular weight excluding hydrogens is 218 g/mol. The summed E-state index contributed by atoms with van der Waals surface area (Å²) in [5, 5.41) is 2.69. The highest BCUT2D eigenvalue weighted by Crippen LogP contribution is 2.10. The number of esters is 1. The Kier molecular flexibility index (Phi) is 3.42. The molecule has 4 heteroatoms. The van der Waals surface area contributed by atoms with Gasteiger partial charge in [0, 0.05) is 6.42 Å². The van der Waals surface area contributed by atoms with Gasteiger partial charge in [-0.05, 0) is 12.5 Å². The lowest BCUT2D eigenvalue weighted by Crippen LogP contribution is -2.40. The third-order valence-electron chi connectivity index (χ3n) is 2.69. The maximum atomic E-state index is 11.7. The quantitative estimate of drug-likeness (QED) is 0.777. The van der Waals surface area contributed by atoms with Crippen LogP contribution in [0, 0.1) is 0 Å². The Morgan fingerprint density at radius 3 is 2.71 bits per heavy atom. The summed E-state index contributed by atoms with van der Waals surface area (Å²) >= 11 is 0. The van der Waals surface area contributed by atoms with Crippen molar-refractivity contribution in [2.24, 2.45) is 0 Å². The third kappa shape index (κ3) is 3.06. The number of hydrogen-bond acceptors (Lipinski definition) is 3. The van der Waals surface area contributed by atoms with Gasteiger partial charge in [-0.2, -0.15) is 0 Å². The summed E-state index contributed by atoms with van der Waals surface area (Å²) in [5.74, 6) is -0.489. The Morgan fingerprint density at radius 1 is 1.29 bits per heavy atom. The van der Waals surface area contributed by atoms with Crippen molar-refractivity contribution in [3.63, 3.8) is 0 Å². The molecule has 0 spiro atoms. The lowest BCUT2D eigenvalue weighted by Gasteiger charge is -2.14. The van der Waals surface area contributed by atoms with E-state index < -0.39 is 6.04 Å². The standard InChI is InChI=1S/C13H15NO3/c1-9-7-12(15)14-11(13(16)17-9)8-10-5-3-2-4-6-10/h2-6,9,11H,7-8H2,1H3,(H,14,15). The maximum absolute atomic E-state index is 11.7. The van der Waals surface area contributed by atoms with Gasteiger partial charge in [0.25, 0.3) is 0 Å². The molecule has 0 radical (unpaired) electrons. The molecule has 1 fully saturated rings. The van der Waals surface area contributed by atoms with E-state index >= 15 is 0 Å². The van der Waals surface area contributed by atoms with E-state index in [1.165, 1.54) is 0 Å². The molecule has 0 saturated carbocycles. The van der Waals surface area contributed by atoms with Gasteiger partial charge >= 0.3 is 5.97 Å². The fourth-order valence-electron chi connectivity index (χ4n) is 1.88. The SMILES string of the molecule is CC1CC(=O)NC(Cc2ccccc2)C(=O)O1. The molecule has 0 aromatic heterocycles. The second kappa shape index (κ2) is 4.99. The molecule has 0 aliphatic carbocycles. The number of carbonyl (C=O) groups is 2. The summed E-state index contributed by atoms with van der Waals surface area (Å²) < 4.78 is 5.14. The van der Waals surface area contributed by atoms with Gasteiger partial charge in [0.2, 0.25) is 5.91 Å². The minimum absolute atomic E-state index is 0.135. The minimum atomic E-state index is -0.574. The van der Waals surface area contributed by atoms with Crippen LogP contribution in [0.4, 0.5) is 0 Å². The summed E-state index contributed by atoms with van der Waals surface area (Å²) in [7, 11) is 0. The minimum Gasteiger partial charge on any atom is -0.461 e. The summed E-state index contributed by atoms with van der Waals surface area (Å²) in [5.41, 5.74) is 1.00. The van der Waals surface area contributed by atoms with Gasteiger partial charge in [0.15, 0.2) is 0 Å². The number of benzene rings is 1. The van der Waals surface area contributed by atoms with E-state index in [1.54, 1.807) is 6.92 Å². The number of cyclic esters (lactones) is 1. The van der Waals surface area contributed by atoms with Crippen LogP contribution in [-0.2, 0) is 20.7 Å². The molecule has 90 valence electrons. The topological polar surface area (TPSA) is 55.4 Å². The monoisotopic (exact) mass is 233 g/mol. The molecule has 17 heavy (non-hydrogen) atoms. The van der Waals surface area contributed by atoms with E-state index in [1.807, 2.05) is 30.3 Å². The summed E-state index contributed by atoms with van der Waals surface area (Å²) in [6, 6.07) is 9.00. The highest BCUT2D eigenvalue weighted by atomic mass is 16.5. The van der Waals surface area contributed by atoms with Crippen molar-refractivity contribution in [2.45, 2.75) is 31.9 Å². The Hall–Kier alpha value is -1.84. The van der Waals surface area contributed by atoms with Crippen molar-refractivity contribution in [3.05, 3.63) is 35.9 Å². The van der Waals surface area contributed by atoms with Crippen molar-refractivity contribution in [3.8, 4) is 0 Å². The molecule has 2 atom stereocenters. The number of ether oxygens (including phenoxy) is 1. The second-order valence-electron chi connectivity index (χ2n) is 4.26. The number of amides is 1. The van der Waals surface area contributed by atoms with E-state index in [-0.39, 0.29) is 24.4 Å². The molecule has 1 heterocycles. The van der Waals surface area contributed by atoms with Gasteiger partial charge in [0.05, 0.1) is 6.42 Å². The number of carbonyl (C=O) groups excluding carboxylic acids is 2. The zero-order valence-corrected chi connectivity index (χ0v) is 9.68. The number of hydrogen-bond donors (Lipinski definition) is 1. The van der Waals surface area contributed by atoms with Crippen LogP contribution in [0.15, 0.2) is 30.3 Å². The van der Waals surface area contributed by atoms with Gasteiger partial charge in [-0.15, -0.1) is 0 Å². The van der Waals surface area contributed by atoms with Gasteiger partial charge in [0.1, 0.15) is 12.1 Å². The first-order chi connectivity index (χ1) is 8.15. The highest BCUT2D eigenvalue weighted by molar-refractivity contribution is 5.86. The smallest absolute Gasteiger partial charge is 0.329 e. The maximum Gasteiger partial charge on any atom is 0.329 e. The Labute approximate surface area is 100.0 Å². The number of rotatable bonds is 2. The zero-order chi connectivity index (χ0) is 12.3. The normalized spacial score (nSPS) is 24.8. The molecule has 4 nitrogen and oxygen atoms in total. The van der Waals surface area contributed by atoms with Crippen molar-refractivity contribution in [1.29, 1.82) is 0 Å². The predicted octanol–water partition coefficient (Wildman–Crippen LogP) is 1.05. The van der Waals surface area contributed by atoms with Crippen molar-refractivity contribution in [1.82, 2.24) is 5.32 Å². The fourth-order valence-corrected chi connectivity index (χ4v) is 1.88. The molecule has 2 unspecified atom stereocenters. The average molecular weight is 233 g/mol. The van der Waals surface area contributed by atoms with Crippen molar-refractivity contribution in [2.75, 3.05) is 0 Å². The molecule has 1 N–H and O–H groups in total. The lowest BCUT2D eigenvalue weighted by atomic mass is 10.1. The third-order valence-corrected chi connectivity index (χ3v) is 2.69. The molecule has 1 amide bonds. The molecule has 0 bridgehead atoms. The molecule has 1 aromatic rings. The van der Waals surface area contributed by atoms with Gasteiger partial charge < -0.3 is 10.1 Å². The van der Waals surface area contributed by atoms with E-state index in [0.29, 0.717) is 6.42 Å². The summed E-state index contributed by atoms with van der Waals surface area (Å²) in [4.78, 5) is 23.2.